The van der Waals surface area contributed by atoms with Gasteiger partial charge in [-0.3, -0.25) is 4.90 Å². The van der Waals surface area contributed by atoms with E-state index in [2.05, 4.69) is 41.9 Å². The summed E-state index contributed by atoms with van der Waals surface area (Å²) < 4.78 is 39.8. The zero-order chi connectivity index (χ0) is 28.5. The monoisotopic (exact) mass is 572 g/mol. The van der Waals surface area contributed by atoms with E-state index in [-0.39, 0.29) is 11.8 Å². The van der Waals surface area contributed by atoms with Gasteiger partial charge in [0.05, 0.1) is 6.17 Å². The molecular formula is C28H46F2N4O4S. The number of amides is 2. The molecule has 0 aromatic carbocycles. The number of aliphatic hydroxyl groups excluding tert-OH is 1. The predicted molar refractivity (Wildman–Crippen MR) is 153 cm³/mol. The normalized spacial score (nSPS) is 24.5. The van der Waals surface area contributed by atoms with Gasteiger partial charge in [-0.1, -0.05) is 69.8 Å². The van der Waals surface area contributed by atoms with Gasteiger partial charge in [0.15, 0.2) is 6.10 Å². The molecule has 0 aromatic rings. The molecule has 2 rings (SSSR count). The highest BCUT2D eigenvalue weighted by Gasteiger charge is 2.61. The summed E-state index contributed by atoms with van der Waals surface area (Å²) in [7, 11) is 0. The van der Waals surface area contributed by atoms with Gasteiger partial charge in [0.25, 0.3) is 5.17 Å². The van der Waals surface area contributed by atoms with Crippen molar-refractivity contribution in [1.82, 2.24) is 15.5 Å². The first-order valence-electron chi connectivity index (χ1n) is 14.2. The van der Waals surface area contributed by atoms with E-state index in [4.69, 9.17) is 27.4 Å². The van der Waals surface area contributed by atoms with Crippen molar-refractivity contribution < 1.29 is 28.2 Å². The standard InChI is InChI=1S/C28H46F2N4O4S/c1-2-3-4-5-6-7-8-9-10-11-12-13-14-15-16-17-19-32-27(39)37-21-22-24(35)28(29,30)25(38-22)34-20-18-23(31)33-26(34)36/h6-7,9-10,18,20,22-25,35H,2-5,8,11-17,19,21,31H2,1H3,(H,32,39)(H,33,36)/t22?,23?,24-,25-/m1/s1. The van der Waals surface area contributed by atoms with Crippen LogP contribution in [0.25, 0.3) is 0 Å². The van der Waals surface area contributed by atoms with E-state index >= 15 is 0 Å². The van der Waals surface area contributed by atoms with Crippen LogP contribution in [0, 0.1) is 0 Å². The molecule has 11 heteroatoms. The number of nitrogens with two attached hydrogens (primary N) is 1. The molecule has 0 aromatic heterocycles. The Bertz CT molecular complexity index is 827. The van der Waals surface area contributed by atoms with Crippen molar-refractivity contribution in [3.05, 3.63) is 36.6 Å². The third-order valence-electron chi connectivity index (χ3n) is 6.64. The Hall–Kier alpha value is -2.08. The van der Waals surface area contributed by atoms with Gasteiger partial charge in [-0.2, -0.15) is 8.78 Å². The number of ether oxygens (including phenoxy) is 2. The van der Waals surface area contributed by atoms with Crippen LogP contribution in [0.2, 0.25) is 0 Å². The Labute approximate surface area is 237 Å². The lowest BCUT2D eigenvalue weighted by atomic mass is 10.1. The number of unbranched alkanes of at least 4 members (excludes halogenated alkanes) is 9. The smallest absolute Gasteiger partial charge is 0.325 e. The fraction of sp³-hybridized carbons (Fsp3) is 0.714. The highest BCUT2D eigenvalue weighted by atomic mass is 32.1. The van der Waals surface area contributed by atoms with Gasteiger partial charge in [0, 0.05) is 12.7 Å². The molecule has 0 bridgehead atoms. The highest BCUT2D eigenvalue weighted by molar-refractivity contribution is 7.80. The largest absolute Gasteiger partial charge is 0.468 e. The van der Waals surface area contributed by atoms with Crippen molar-refractivity contribution in [3.63, 3.8) is 0 Å². The summed E-state index contributed by atoms with van der Waals surface area (Å²) in [6, 6.07) is -0.839. The molecule has 2 unspecified atom stereocenters. The molecule has 2 amide bonds. The van der Waals surface area contributed by atoms with Crippen LogP contribution >= 0.6 is 12.2 Å². The molecule has 2 aliphatic heterocycles. The van der Waals surface area contributed by atoms with E-state index in [0.29, 0.717) is 11.4 Å². The molecule has 8 nitrogen and oxygen atoms in total. The Morgan fingerprint density at radius 1 is 1.15 bits per heavy atom. The SMILES string of the molecule is CCCCCC=CCC=CCCCCCCCCNC(=S)OCC1O[C@@H](N2C=CC(N)NC2=O)C(F)(F)[C@@H]1O. The average Bonchev–Trinajstić information content (AvgIpc) is 3.12. The molecule has 2 aliphatic rings. The van der Waals surface area contributed by atoms with Crippen LogP contribution in [0.1, 0.15) is 84.0 Å². The Morgan fingerprint density at radius 2 is 1.79 bits per heavy atom. The molecule has 2 heterocycles. The minimum absolute atomic E-state index is 0.0572. The molecule has 1 saturated heterocycles. The van der Waals surface area contributed by atoms with Gasteiger partial charge < -0.3 is 30.9 Å². The van der Waals surface area contributed by atoms with Crippen LogP contribution in [0.5, 0.6) is 0 Å². The van der Waals surface area contributed by atoms with E-state index in [9.17, 15) is 18.7 Å². The zero-order valence-corrected chi connectivity index (χ0v) is 23.9. The number of urea groups is 1. The third-order valence-corrected chi connectivity index (χ3v) is 6.90. The van der Waals surface area contributed by atoms with Crippen molar-refractivity contribution >= 4 is 23.4 Å². The minimum Gasteiger partial charge on any atom is -0.468 e. The van der Waals surface area contributed by atoms with Gasteiger partial charge in [-0.05, 0) is 56.8 Å². The molecule has 1 fully saturated rings. The summed E-state index contributed by atoms with van der Waals surface area (Å²) in [5, 5.41) is 15.4. The van der Waals surface area contributed by atoms with Crippen LogP contribution in [0.4, 0.5) is 13.6 Å². The van der Waals surface area contributed by atoms with Gasteiger partial charge in [-0.25, -0.2) is 4.79 Å². The van der Waals surface area contributed by atoms with Crippen LogP contribution in [-0.4, -0.2) is 64.9 Å². The van der Waals surface area contributed by atoms with Gasteiger partial charge in [0.1, 0.15) is 12.7 Å². The quantitative estimate of drug-likeness (QED) is 0.101. The second-order valence-corrected chi connectivity index (χ2v) is 10.4. The summed E-state index contributed by atoms with van der Waals surface area (Å²) in [4.78, 5) is 12.7. The van der Waals surface area contributed by atoms with Crippen LogP contribution in [0.15, 0.2) is 36.6 Å². The van der Waals surface area contributed by atoms with Crippen molar-refractivity contribution in [2.24, 2.45) is 5.73 Å². The summed E-state index contributed by atoms with van der Waals surface area (Å²) in [5.74, 6) is -3.70. The number of halogens is 2. The maximum Gasteiger partial charge on any atom is 0.325 e. The zero-order valence-electron chi connectivity index (χ0n) is 23.0. The number of thiocarbonyl (C=S) groups is 1. The first-order chi connectivity index (χ1) is 18.8. The molecule has 4 atom stereocenters. The molecule has 222 valence electrons. The van der Waals surface area contributed by atoms with Gasteiger partial charge in [0.2, 0.25) is 6.23 Å². The van der Waals surface area contributed by atoms with E-state index in [1.54, 1.807) is 0 Å². The fourth-order valence-electron chi connectivity index (χ4n) is 4.32. The van der Waals surface area contributed by atoms with Crippen molar-refractivity contribution in [3.8, 4) is 0 Å². The van der Waals surface area contributed by atoms with Gasteiger partial charge in [-0.15, -0.1) is 0 Å². The predicted octanol–water partition coefficient (Wildman–Crippen LogP) is 5.24. The fourth-order valence-corrected chi connectivity index (χ4v) is 4.49. The maximum absolute atomic E-state index is 14.6. The first kappa shape index (κ1) is 33.1. The maximum atomic E-state index is 14.6. The Kier molecular flexibility index (Phi) is 15.5. The molecule has 0 saturated carbocycles. The molecule has 0 aliphatic carbocycles. The Balaban J connectivity index is 1.49. The second-order valence-electron chi connectivity index (χ2n) is 9.98. The summed E-state index contributed by atoms with van der Waals surface area (Å²) in [6.07, 6.45) is 19.2. The average molecular weight is 573 g/mol. The molecule has 39 heavy (non-hydrogen) atoms. The summed E-state index contributed by atoms with van der Waals surface area (Å²) in [5.41, 5.74) is 5.54. The van der Waals surface area contributed by atoms with Crippen molar-refractivity contribution in [2.45, 2.75) is 114 Å². The first-order valence-corrected chi connectivity index (χ1v) is 14.6. The van der Waals surface area contributed by atoms with E-state index < -0.39 is 36.6 Å². The number of alkyl halides is 2. The molecule has 0 spiro atoms. The molecule has 0 radical (unpaired) electrons. The number of nitrogens with one attached hydrogen (secondary N) is 2. The molecular weight excluding hydrogens is 526 g/mol. The number of aliphatic hydroxyl groups is 1. The Morgan fingerprint density at radius 3 is 2.46 bits per heavy atom. The summed E-state index contributed by atoms with van der Waals surface area (Å²) in [6.45, 7) is 2.46. The number of nitrogens with zero attached hydrogens (tertiary/aromatic N) is 1. The number of hydrogen-bond acceptors (Lipinski definition) is 6. The summed E-state index contributed by atoms with van der Waals surface area (Å²) >= 11 is 5.11. The highest BCUT2D eigenvalue weighted by Crippen LogP contribution is 2.38. The number of carbonyl (C=O) groups excluding carboxylic acids is 1. The second kappa shape index (κ2) is 18.3. The topological polar surface area (TPSA) is 109 Å². The lowest BCUT2D eigenvalue weighted by molar-refractivity contribution is -0.145. The number of allylic oxidation sites excluding steroid dienone is 4. The lowest BCUT2D eigenvalue weighted by Crippen LogP contribution is -2.57. The van der Waals surface area contributed by atoms with E-state index in [0.717, 1.165) is 38.3 Å². The van der Waals surface area contributed by atoms with Crippen molar-refractivity contribution in [2.75, 3.05) is 13.2 Å². The number of carbonyl (C=O) groups is 1. The minimum atomic E-state index is -3.70. The van der Waals surface area contributed by atoms with Crippen LogP contribution < -0.4 is 16.4 Å². The lowest BCUT2D eigenvalue weighted by Gasteiger charge is -2.32. The third kappa shape index (κ3) is 11.9. The number of rotatable bonds is 18. The van der Waals surface area contributed by atoms with Crippen LogP contribution in [0.3, 0.4) is 0 Å². The van der Waals surface area contributed by atoms with Crippen molar-refractivity contribution in [1.29, 1.82) is 0 Å². The van der Waals surface area contributed by atoms with Crippen LogP contribution in [-0.2, 0) is 9.47 Å². The number of hydrogen-bond donors (Lipinski definition) is 4. The van der Waals surface area contributed by atoms with Gasteiger partial charge >= 0.3 is 12.0 Å². The molecule has 5 N–H and O–H groups in total. The van der Waals surface area contributed by atoms with E-state index in [1.165, 1.54) is 51.0 Å². The van der Waals surface area contributed by atoms with E-state index in [1.807, 2.05) is 0 Å².